The van der Waals surface area contributed by atoms with Gasteiger partial charge < -0.3 is 9.72 Å². The molecule has 230 valence electrons. The van der Waals surface area contributed by atoms with Crippen LogP contribution in [0.2, 0.25) is 0 Å². The van der Waals surface area contributed by atoms with Gasteiger partial charge in [-0.05, 0) is 72.2 Å². The second kappa shape index (κ2) is 11.3. The Morgan fingerprint density at radius 1 is 1.04 bits per heavy atom. The highest BCUT2D eigenvalue weighted by Gasteiger charge is 2.35. The van der Waals surface area contributed by atoms with Crippen molar-refractivity contribution in [2.45, 2.75) is 63.8 Å². The van der Waals surface area contributed by atoms with Crippen LogP contribution < -0.4 is 4.74 Å². The molecule has 1 atom stereocenters. The fourth-order valence-corrected chi connectivity index (χ4v) is 6.83. The lowest BCUT2D eigenvalue weighted by atomic mass is 9.76. The number of aryl methyl sites for hydroxylation is 1. The van der Waals surface area contributed by atoms with Crippen LogP contribution in [0.3, 0.4) is 0 Å². The molecule has 9 nitrogen and oxygen atoms in total. The van der Waals surface area contributed by atoms with Gasteiger partial charge in [0.2, 0.25) is 0 Å². The van der Waals surface area contributed by atoms with Crippen molar-refractivity contribution in [3.05, 3.63) is 99.2 Å². The minimum atomic E-state index is -0.473. The third kappa shape index (κ3) is 5.51. The zero-order valence-electron chi connectivity index (χ0n) is 25.7. The van der Waals surface area contributed by atoms with Crippen molar-refractivity contribution in [1.82, 2.24) is 39.7 Å². The second-order valence-corrected chi connectivity index (χ2v) is 13.9. The molecule has 1 aliphatic rings. The summed E-state index contributed by atoms with van der Waals surface area (Å²) in [6.45, 7) is 6.93. The predicted octanol–water partition coefficient (Wildman–Crippen LogP) is 7.69. The molecule has 0 spiro atoms. The number of aromatic amines is 1. The molecule has 45 heavy (non-hydrogen) atoms. The van der Waals surface area contributed by atoms with E-state index >= 15 is 4.39 Å². The van der Waals surface area contributed by atoms with Crippen molar-refractivity contribution in [2.24, 2.45) is 7.05 Å². The van der Waals surface area contributed by atoms with E-state index in [0.29, 0.717) is 34.9 Å². The molecule has 6 aromatic rings. The van der Waals surface area contributed by atoms with Crippen molar-refractivity contribution in [3.63, 3.8) is 0 Å². The number of nitrogens with one attached hydrogen (secondary N) is 1. The maximum atomic E-state index is 15.7. The minimum Gasteiger partial charge on any atom is -0.454 e. The first-order valence-electron chi connectivity index (χ1n) is 15.1. The third-order valence-electron chi connectivity index (χ3n) is 9.05. The molecule has 0 saturated heterocycles. The highest BCUT2D eigenvalue weighted by atomic mass is 127. The molecule has 1 N–H and O–H groups in total. The smallest absolute Gasteiger partial charge is 0.176 e. The Balaban J connectivity index is 1.38. The largest absolute Gasteiger partial charge is 0.454 e. The first-order chi connectivity index (χ1) is 21.6. The lowest BCUT2D eigenvalue weighted by Crippen LogP contribution is -2.26. The van der Waals surface area contributed by atoms with Gasteiger partial charge in [0, 0.05) is 63.2 Å². The van der Waals surface area contributed by atoms with E-state index < -0.39 is 11.2 Å². The molecule has 0 radical (unpaired) electrons. The van der Waals surface area contributed by atoms with Crippen LogP contribution in [0.5, 0.6) is 11.5 Å². The number of H-pyrrole nitrogens is 1. The maximum absolute atomic E-state index is 15.7. The summed E-state index contributed by atoms with van der Waals surface area (Å²) in [5, 5.41) is 14.8. The van der Waals surface area contributed by atoms with Gasteiger partial charge in [-0.15, -0.1) is 5.10 Å². The number of hydrogen-bond acceptors (Lipinski definition) is 6. The van der Waals surface area contributed by atoms with E-state index in [1.54, 1.807) is 33.9 Å². The SMILES string of the molecule is Cn1nc2nc1-c1cc(ccn1)Oc1c(F)cc3[nH]ccc3c1Cn1cc(nn1)C(C)(C)CCCC[C@]2(C)c1cccc(I)c1. The molecule has 5 heterocycles. The number of ether oxygens (including phenoxy) is 1. The zero-order chi connectivity index (χ0) is 31.3. The van der Waals surface area contributed by atoms with Crippen LogP contribution in [-0.4, -0.2) is 39.7 Å². The van der Waals surface area contributed by atoms with Crippen molar-refractivity contribution in [3.8, 4) is 23.0 Å². The van der Waals surface area contributed by atoms with Crippen LogP contribution in [0.1, 0.15) is 69.1 Å². The summed E-state index contributed by atoms with van der Waals surface area (Å²) in [5.74, 6) is 1.46. The molecule has 2 aromatic carbocycles. The van der Waals surface area contributed by atoms with Gasteiger partial charge in [-0.3, -0.25) is 4.98 Å². The number of nitrogens with zero attached hydrogens (tertiary/aromatic N) is 7. The van der Waals surface area contributed by atoms with Gasteiger partial charge >= 0.3 is 0 Å². The molecule has 6 bridgehead atoms. The van der Waals surface area contributed by atoms with Gasteiger partial charge in [-0.1, -0.05) is 44.0 Å². The van der Waals surface area contributed by atoms with Crippen molar-refractivity contribution in [2.75, 3.05) is 0 Å². The molecule has 0 fully saturated rings. The summed E-state index contributed by atoms with van der Waals surface area (Å²) in [6.07, 6.45) is 9.20. The topological polar surface area (TPSA) is 99.3 Å². The molecule has 4 aromatic heterocycles. The van der Waals surface area contributed by atoms with E-state index in [-0.39, 0.29) is 11.2 Å². The number of aromatic nitrogens is 8. The number of hydrogen-bond donors (Lipinski definition) is 1. The number of halogens is 2. The summed E-state index contributed by atoms with van der Waals surface area (Å²) in [6, 6.07) is 15.5. The highest BCUT2D eigenvalue weighted by Crippen LogP contribution is 2.39. The second-order valence-electron chi connectivity index (χ2n) is 12.7. The van der Waals surface area contributed by atoms with E-state index in [4.69, 9.17) is 14.8 Å². The Kier molecular flexibility index (Phi) is 7.46. The van der Waals surface area contributed by atoms with E-state index in [1.807, 2.05) is 19.3 Å². The summed E-state index contributed by atoms with van der Waals surface area (Å²) in [5.41, 5.74) is 3.40. The standard InChI is InChI=1S/C34H34FIN8O/c1-33(2)12-5-6-13-34(3,21-8-7-9-22(36)16-21)32-39-31(43(4)41-32)28-17-23(10-14-38-28)45-30-25(19-44-20-29(33)40-42-44)24-11-15-37-27(24)18-26(30)35/h7-11,14-18,20,37H,5-6,12-13,19H2,1-4H3/t34-/m1/s1. The number of fused-ring (bicyclic) bond motifs is 10. The first-order valence-corrected chi connectivity index (χ1v) is 16.2. The first kappa shape index (κ1) is 29.6. The van der Waals surface area contributed by atoms with Gasteiger partial charge in [0.15, 0.2) is 23.2 Å². The summed E-state index contributed by atoms with van der Waals surface area (Å²) < 4.78 is 26.8. The van der Waals surface area contributed by atoms with E-state index in [1.165, 1.54) is 11.6 Å². The highest BCUT2D eigenvalue weighted by molar-refractivity contribution is 14.1. The van der Waals surface area contributed by atoms with Gasteiger partial charge in [0.25, 0.3) is 0 Å². The molecule has 0 aliphatic carbocycles. The number of rotatable bonds is 1. The van der Waals surface area contributed by atoms with Crippen LogP contribution in [-0.2, 0) is 24.4 Å². The Morgan fingerprint density at radius 3 is 2.73 bits per heavy atom. The minimum absolute atomic E-state index is 0.137. The Hall–Kier alpha value is -4.13. The predicted molar refractivity (Wildman–Crippen MR) is 179 cm³/mol. The van der Waals surface area contributed by atoms with Gasteiger partial charge in [-0.2, -0.15) is 5.10 Å². The van der Waals surface area contributed by atoms with Crippen LogP contribution in [0.4, 0.5) is 4.39 Å². The molecule has 11 heteroatoms. The normalized spacial score (nSPS) is 18.4. The van der Waals surface area contributed by atoms with Gasteiger partial charge in [0.05, 0.1) is 17.7 Å². The summed E-state index contributed by atoms with van der Waals surface area (Å²) >= 11 is 2.36. The lowest BCUT2D eigenvalue weighted by molar-refractivity contribution is 0.401. The molecular weight excluding hydrogens is 682 g/mol. The molecule has 0 unspecified atom stereocenters. The van der Waals surface area contributed by atoms with Crippen LogP contribution in [0.25, 0.3) is 22.4 Å². The molecular formula is C34H34FIN8O. The average Bonchev–Trinajstić information content (AvgIpc) is 3.77. The van der Waals surface area contributed by atoms with Crippen molar-refractivity contribution >= 4 is 33.5 Å². The molecule has 0 saturated carbocycles. The molecule has 7 rings (SSSR count). The van der Waals surface area contributed by atoms with E-state index in [2.05, 4.69) is 87.9 Å². The van der Waals surface area contributed by atoms with Gasteiger partial charge in [0.1, 0.15) is 11.4 Å². The Bertz CT molecular complexity index is 2030. The van der Waals surface area contributed by atoms with Crippen molar-refractivity contribution in [1.29, 1.82) is 0 Å². The van der Waals surface area contributed by atoms with Crippen LogP contribution in [0.15, 0.2) is 67.1 Å². The Labute approximate surface area is 274 Å². The quantitative estimate of drug-likeness (QED) is 0.175. The molecule has 0 amide bonds. The maximum Gasteiger partial charge on any atom is 0.176 e. The number of benzene rings is 2. The monoisotopic (exact) mass is 716 g/mol. The number of pyridine rings is 1. The van der Waals surface area contributed by atoms with Crippen molar-refractivity contribution < 1.29 is 9.13 Å². The summed E-state index contributed by atoms with van der Waals surface area (Å²) in [7, 11) is 1.88. The van der Waals surface area contributed by atoms with Crippen LogP contribution >= 0.6 is 22.6 Å². The van der Waals surface area contributed by atoms with E-state index in [9.17, 15) is 0 Å². The third-order valence-corrected chi connectivity index (χ3v) is 9.72. The van der Waals surface area contributed by atoms with Crippen LogP contribution in [0, 0.1) is 9.39 Å². The zero-order valence-corrected chi connectivity index (χ0v) is 27.8. The fraction of sp³-hybridized carbons (Fsp3) is 0.324. The molecule has 1 aliphatic heterocycles. The van der Waals surface area contributed by atoms with Gasteiger partial charge in [-0.25, -0.2) is 18.7 Å². The lowest BCUT2D eigenvalue weighted by Gasteiger charge is -2.28. The Morgan fingerprint density at radius 2 is 1.89 bits per heavy atom. The summed E-state index contributed by atoms with van der Waals surface area (Å²) in [4.78, 5) is 12.8. The average molecular weight is 717 g/mol. The fourth-order valence-electron chi connectivity index (χ4n) is 6.29. The van der Waals surface area contributed by atoms with E-state index in [0.717, 1.165) is 46.2 Å².